The van der Waals surface area contributed by atoms with E-state index in [2.05, 4.69) is 20.1 Å². The predicted molar refractivity (Wildman–Crippen MR) is 113 cm³/mol. The Morgan fingerprint density at radius 1 is 1.21 bits per heavy atom. The van der Waals surface area contributed by atoms with Crippen molar-refractivity contribution in [3.05, 3.63) is 0 Å². The minimum atomic E-state index is 0.0427. The molecule has 3 aliphatic rings. The molecule has 0 aromatic carbocycles. The molecule has 0 aromatic heterocycles. The molecule has 3 rings (SSSR count). The molecule has 2 saturated heterocycles. The summed E-state index contributed by atoms with van der Waals surface area (Å²) in [6.45, 7) is 7.94. The van der Waals surface area contributed by atoms with E-state index < -0.39 is 0 Å². The van der Waals surface area contributed by atoms with Gasteiger partial charge in [-0.3, -0.25) is 9.69 Å². The fourth-order valence-electron chi connectivity index (χ4n) is 4.56. The summed E-state index contributed by atoms with van der Waals surface area (Å²) in [5.74, 6) is 1.66. The first-order valence-electron chi connectivity index (χ1n) is 11.2. The Morgan fingerprint density at radius 3 is 2.75 bits per heavy atom. The van der Waals surface area contributed by atoms with Crippen molar-refractivity contribution in [2.75, 3.05) is 60.0 Å². The normalized spacial score (nSPS) is 26.1. The van der Waals surface area contributed by atoms with E-state index in [1.165, 1.54) is 38.6 Å². The maximum absolute atomic E-state index is 12.0. The monoisotopic (exact) mass is 393 g/mol. The van der Waals surface area contributed by atoms with Crippen LogP contribution in [-0.4, -0.2) is 98.7 Å². The molecule has 1 saturated carbocycles. The first-order valence-corrected chi connectivity index (χ1v) is 11.2. The third-order valence-electron chi connectivity index (χ3n) is 6.24. The Morgan fingerprint density at radius 2 is 2.04 bits per heavy atom. The zero-order chi connectivity index (χ0) is 19.9. The molecular formula is C21H39N5O2. The largest absolute Gasteiger partial charge is 0.382 e. The summed E-state index contributed by atoms with van der Waals surface area (Å²) in [5, 5.41) is 3.50. The Bertz CT molecular complexity index is 535. The molecule has 2 aliphatic heterocycles. The minimum Gasteiger partial charge on any atom is -0.382 e. The van der Waals surface area contributed by atoms with Gasteiger partial charge in [-0.25, -0.2) is 4.99 Å². The van der Waals surface area contributed by atoms with E-state index in [9.17, 15) is 4.79 Å². The van der Waals surface area contributed by atoms with Crippen molar-refractivity contribution in [2.45, 2.75) is 57.5 Å². The number of carbonyl (C=O) groups is 1. The molecule has 1 N–H and O–H groups in total. The summed E-state index contributed by atoms with van der Waals surface area (Å²) in [6.07, 6.45) is 7.59. The van der Waals surface area contributed by atoms with Crippen molar-refractivity contribution in [1.82, 2.24) is 20.0 Å². The molecular weight excluding hydrogens is 354 g/mol. The van der Waals surface area contributed by atoms with Gasteiger partial charge in [0.05, 0.1) is 0 Å². The Kier molecular flexibility index (Phi) is 7.97. The second kappa shape index (κ2) is 10.4. The fraction of sp³-hybridized carbons (Fsp3) is 0.905. The van der Waals surface area contributed by atoms with Crippen molar-refractivity contribution in [3.8, 4) is 0 Å². The van der Waals surface area contributed by atoms with E-state index in [1.54, 1.807) is 19.0 Å². The van der Waals surface area contributed by atoms with Gasteiger partial charge in [-0.2, -0.15) is 0 Å². The number of aliphatic imine (C=N–C) groups is 1. The molecule has 2 atom stereocenters. The molecule has 0 bridgehead atoms. The van der Waals surface area contributed by atoms with Gasteiger partial charge >= 0.3 is 0 Å². The summed E-state index contributed by atoms with van der Waals surface area (Å²) in [6, 6.07) is 1.61. The first-order chi connectivity index (χ1) is 13.6. The molecule has 160 valence electrons. The van der Waals surface area contributed by atoms with Crippen LogP contribution in [0.3, 0.4) is 0 Å². The van der Waals surface area contributed by atoms with Crippen LogP contribution in [0.4, 0.5) is 0 Å². The molecule has 1 aliphatic carbocycles. The van der Waals surface area contributed by atoms with Crippen molar-refractivity contribution < 1.29 is 9.53 Å². The fourth-order valence-corrected chi connectivity index (χ4v) is 4.56. The van der Waals surface area contributed by atoms with E-state index >= 15 is 0 Å². The van der Waals surface area contributed by atoms with Crippen molar-refractivity contribution >= 4 is 11.9 Å². The van der Waals surface area contributed by atoms with Gasteiger partial charge in [0, 0.05) is 59.0 Å². The number of hydrogen-bond donors (Lipinski definition) is 1. The molecule has 28 heavy (non-hydrogen) atoms. The zero-order valence-electron chi connectivity index (χ0n) is 18.0. The van der Waals surface area contributed by atoms with Crippen molar-refractivity contribution in [1.29, 1.82) is 0 Å². The Hall–Kier alpha value is -1.34. The van der Waals surface area contributed by atoms with Crippen LogP contribution in [0.2, 0.25) is 0 Å². The molecule has 0 spiro atoms. The van der Waals surface area contributed by atoms with Crippen molar-refractivity contribution in [3.63, 3.8) is 0 Å². The number of guanidine groups is 1. The lowest BCUT2D eigenvalue weighted by molar-refractivity contribution is -0.127. The van der Waals surface area contributed by atoms with E-state index in [0.717, 1.165) is 63.2 Å². The number of likely N-dealkylation sites (N-methyl/N-ethyl adjacent to an activating group) is 1. The highest BCUT2D eigenvalue weighted by atomic mass is 16.5. The maximum Gasteiger partial charge on any atom is 0.243 e. The second-order valence-corrected chi connectivity index (χ2v) is 8.58. The third-order valence-corrected chi connectivity index (χ3v) is 6.24. The number of hydrogen-bond acceptors (Lipinski definition) is 4. The first kappa shape index (κ1) is 21.4. The molecule has 0 aromatic rings. The predicted octanol–water partition coefficient (Wildman–Crippen LogP) is 1.40. The average molecular weight is 394 g/mol. The Balaban J connectivity index is 1.58. The van der Waals surface area contributed by atoms with Gasteiger partial charge in [0.2, 0.25) is 5.91 Å². The molecule has 7 nitrogen and oxygen atoms in total. The lowest BCUT2D eigenvalue weighted by Crippen LogP contribution is -2.57. The topological polar surface area (TPSA) is 60.4 Å². The quantitative estimate of drug-likeness (QED) is 0.384. The third kappa shape index (κ3) is 5.83. The van der Waals surface area contributed by atoms with Crippen LogP contribution in [0.1, 0.15) is 45.4 Å². The number of amides is 1. The van der Waals surface area contributed by atoms with Crippen LogP contribution in [-0.2, 0) is 9.53 Å². The van der Waals surface area contributed by atoms with E-state index in [-0.39, 0.29) is 12.5 Å². The summed E-state index contributed by atoms with van der Waals surface area (Å²) in [4.78, 5) is 23.5. The van der Waals surface area contributed by atoms with Crippen LogP contribution >= 0.6 is 0 Å². The summed E-state index contributed by atoms with van der Waals surface area (Å²) in [5.41, 5.74) is 0. The van der Waals surface area contributed by atoms with Gasteiger partial charge in [-0.15, -0.1) is 0 Å². The molecule has 0 radical (unpaired) electrons. The Labute approximate surface area is 170 Å². The number of rotatable bonds is 8. The summed E-state index contributed by atoms with van der Waals surface area (Å²) >= 11 is 0. The molecule has 7 heteroatoms. The molecule has 1 amide bonds. The number of carbonyl (C=O) groups excluding carboxylic acids is 1. The van der Waals surface area contributed by atoms with Crippen LogP contribution < -0.4 is 5.32 Å². The van der Waals surface area contributed by atoms with Gasteiger partial charge < -0.3 is 19.9 Å². The van der Waals surface area contributed by atoms with Crippen LogP contribution in [0, 0.1) is 5.92 Å². The average Bonchev–Trinajstić information content (AvgIpc) is 3.54. The number of nitrogens with zero attached hydrogens (tertiary/aromatic N) is 4. The highest BCUT2D eigenvalue weighted by Crippen LogP contribution is 2.38. The molecule has 2 unspecified atom stereocenters. The van der Waals surface area contributed by atoms with Gasteiger partial charge in [-0.1, -0.05) is 0 Å². The highest BCUT2D eigenvalue weighted by molar-refractivity contribution is 5.84. The number of fused-ring (bicyclic) bond motifs is 1. The number of ether oxygens (including phenoxy) is 1. The van der Waals surface area contributed by atoms with E-state index in [0.29, 0.717) is 0 Å². The number of likely N-dealkylation sites (tertiary alicyclic amines) is 2. The minimum absolute atomic E-state index is 0.0427. The van der Waals surface area contributed by atoms with Crippen LogP contribution in [0.25, 0.3) is 0 Å². The summed E-state index contributed by atoms with van der Waals surface area (Å²) < 4.78 is 5.44. The van der Waals surface area contributed by atoms with Gasteiger partial charge in [0.15, 0.2) is 5.96 Å². The molecule has 3 fully saturated rings. The van der Waals surface area contributed by atoms with E-state index in [1.807, 2.05) is 6.92 Å². The lowest BCUT2D eigenvalue weighted by Gasteiger charge is -2.48. The smallest absolute Gasteiger partial charge is 0.243 e. The van der Waals surface area contributed by atoms with Gasteiger partial charge in [0.25, 0.3) is 0 Å². The van der Waals surface area contributed by atoms with Crippen molar-refractivity contribution in [2.24, 2.45) is 10.9 Å². The standard InChI is InChI=1S/C21H39N5O2/c1-4-28-14-6-11-22-21(23-15-20(27)24(2)3)25-13-10-19-17(16-25)7-5-12-26(19)18-8-9-18/h17-19H,4-16H2,1-3H3,(H,22,23). The van der Waals surface area contributed by atoms with Crippen LogP contribution in [0.5, 0.6) is 0 Å². The SMILES string of the molecule is CCOCCCNC(=NCC(=O)N(C)C)N1CCC2C(CCCN2C2CC2)C1. The van der Waals surface area contributed by atoms with E-state index in [4.69, 9.17) is 4.74 Å². The van der Waals surface area contributed by atoms with Crippen LogP contribution in [0.15, 0.2) is 4.99 Å². The second-order valence-electron chi connectivity index (χ2n) is 8.58. The van der Waals surface area contributed by atoms with Gasteiger partial charge in [0.1, 0.15) is 6.54 Å². The number of piperidine rings is 2. The maximum atomic E-state index is 12.0. The van der Waals surface area contributed by atoms with Gasteiger partial charge in [-0.05, 0) is 57.9 Å². The zero-order valence-corrected chi connectivity index (χ0v) is 18.0. The lowest BCUT2D eigenvalue weighted by atomic mass is 9.83. The molecule has 2 heterocycles. The summed E-state index contributed by atoms with van der Waals surface area (Å²) in [7, 11) is 3.57. The number of nitrogens with one attached hydrogen (secondary N) is 1. The highest BCUT2D eigenvalue weighted by Gasteiger charge is 2.42.